The smallest absolute Gasteiger partial charge is 0.361 e. The first-order valence-corrected chi connectivity index (χ1v) is 4.09. The minimum atomic E-state index is -0.439. The van der Waals surface area contributed by atoms with Gasteiger partial charge in [-0.3, -0.25) is 0 Å². The van der Waals surface area contributed by atoms with Gasteiger partial charge >= 0.3 is 5.97 Å². The molecule has 0 bridgehead atoms. The molecule has 0 saturated carbocycles. The molecular weight excluding hydrogens is 261 g/mol. The topological polar surface area (TPSA) is 52.3 Å². The molecule has 1 heterocycles. The number of carbonyl (C=O) groups is 1. The van der Waals surface area contributed by atoms with Crippen LogP contribution in [-0.4, -0.2) is 17.6 Å². The van der Waals surface area contributed by atoms with E-state index in [1.807, 2.05) is 22.6 Å². The Morgan fingerprint density at radius 3 is 3.09 bits per heavy atom. The third-order valence-corrected chi connectivity index (χ3v) is 1.76. The van der Waals surface area contributed by atoms with Crippen molar-refractivity contribution in [1.82, 2.24) is 4.98 Å². The summed E-state index contributed by atoms with van der Waals surface area (Å²) in [5.74, 6) is -0.439. The van der Waals surface area contributed by atoms with Crippen molar-refractivity contribution >= 4 is 28.6 Å². The molecule has 4 nitrogen and oxygen atoms in total. The Labute approximate surface area is 77.1 Å². The van der Waals surface area contributed by atoms with Gasteiger partial charge in [0.25, 0.3) is 0 Å². The third kappa shape index (κ3) is 1.92. The quantitative estimate of drug-likeness (QED) is 0.601. The lowest BCUT2D eigenvalue weighted by atomic mass is 10.5. The highest BCUT2D eigenvalue weighted by atomic mass is 127. The van der Waals surface area contributed by atoms with Gasteiger partial charge in [0.15, 0.2) is 10.2 Å². The number of oxazole rings is 1. The van der Waals surface area contributed by atoms with Crippen LogP contribution < -0.4 is 0 Å². The maximum Gasteiger partial charge on any atom is 0.361 e. The van der Waals surface area contributed by atoms with E-state index >= 15 is 0 Å². The van der Waals surface area contributed by atoms with Crippen molar-refractivity contribution < 1.29 is 13.9 Å². The van der Waals surface area contributed by atoms with E-state index in [1.54, 1.807) is 6.92 Å². The van der Waals surface area contributed by atoms with E-state index in [0.29, 0.717) is 10.4 Å². The molecule has 1 rings (SSSR count). The van der Waals surface area contributed by atoms with Gasteiger partial charge in [-0.05, 0) is 6.92 Å². The Balaban J connectivity index is 2.76. The molecule has 60 valence electrons. The van der Waals surface area contributed by atoms with Crippen molar-refractivity contribution in [1.29, 1.82) is 0 Å². The first kappa shape index (κ1) is 8.51. The molecule has 0 N–H and O–H groups in total. The Morgan fingerprint density at radius 1 is 1.91 bits per heavy atom. The molecule has 0 radical (unpaired) electrons. The van der Waals surface area contributed by atoms with Crippen molar-refractivity contribution in [3.63, 3.8) is 0 Å². The van der Waals surface area contributed by atoms with E-state index in [4.69, 9.17) is 9.15 Å². The number of esters is 1. The van der Waals surface area contributed by atoms with E-state index in [9.17, 15) is 4.79 Å². The number of hydrogen-bond donors (Lipinski definition) is 0. The van der Waals surface area contributed by atoms with E-state index in [0.717, 1.165) is 0 Å². The van der Waals surface area contributed by atoms with Gasteiger partial charge < -0.3 is 9.15 Å². The fourth-order valence-corrected chi connectivity index (χ4v) is 1.04. The van der Waals surface area contributed by atoms with Crippen LogP contribution in [0.1, 0.15) is 17.4 Å². The molecule has 0 atom stereocenters. The summed E-state index contributed by atoms with van der Waals surface area (Å²) in [5, 5.41) is 0. The van der Waals surface area contributed by atoms with Crippen molar-refractivity contribution in [2.24, 2.45) is 0 Å². The van der Waals surface area contributed by atoms with E-state index in [1.165, 1.54) is 6.39 Å². The Bertz CT molecular complexity index is 258. The normalized spacial score (nSPS) is 9.64. The summed E-state index contributed by atoms with van der Waals surface area (Å²) in [6.07, 6.45) is 1.22. The number of ether oxygens (including phenoxy) is 1. The molecular formula is C6H6INO3. The first-order chi connectivity index (χ1) is 5.25. The molecule has 0 aromatic carbocycles. The van der Waals surface area contributed by atoms with Crippen LogP contribution in [0.3, 0.4) is 0 Å². The second kappa shape index (κ2) is 3.70. The minimum absolute atomic E-state index is 0.243. The molecule has 0 aliphatic rings. The summed E-state index contributed by atoms with van der Waals surface area (Å²) in [6.45, 7) is 2.09. The van der Waals surface area contributed by atoms with Crippen LogP contribution in [-0.2, 0) is 4.74 Å². The summed E-state index contributed by atoms with van der Waals surface area (Å²) >= 11 is 1.88. The summed E-state index contributed by atoms with van der Waals surface area (Å²) < 4.78 is 9.97. The van der Waals surface area contributed by atoms with Crippen LogP contribution in [0.15, 0.2) is 10.8 Å². The molecule has 0 aliphatic heterocycles. The molecule has 5 heteroatoms. The fraction of sp³-hybridized carbons (Fsp3) is 0.333. The Hall–Kier alpha value is -0.590. The van der Waals surface area contributed by atoms with Crippen molar-refractivity contribution in [3.05, 3.63) is 15.9 Å². The first-order valence-electron chi connectivity index (χ1n) is 3.01. The highest BCUT2D eigenvalue weighted by Gasteiger charge is 2.14. The van der Waals surface area contributed by atoms with E-state index in [2.05, 4.69) is 4.98 Å². The number of nitrogens with zero attached hydrogens (tertiary/aromatic N) is 1. The van der Waals surface area contributed by atoms with E-state index < -0.39 is 5.97 Å². The van der Waals surface area contributed by atoms with Crippen LogP contribution in [0, 0.1) is 3.77 Å². The zero-order valence-corrected chi connectivity index (χ0v) is 7.99. The number of rotatable bonds is 2. The second-order valence-corrected chi connectivity index (χ2v) is 2.67. The maximum atomic E-state index is 11.0. The van der Waals surface area contributed by atoms with Crippen LogP contribution >= 0.6 is 22.6 Å². The van der Waals surface area contributed by atoms with Gasteiger partial charge in [0.1, 0.15) is 0 Å². The van der Waals surface area contributed by atoms with E-state index in [-0.39, 0.29) is 5.69 Å². The predicted octanol–water partition coefficient (Wildman–Crippen LogP) is 1.46. The average molecular weight is 267 g/mol. The zero-order chi connectivity index (χ0) is 8.27. The standard InChI is InChI=1S/C6H6INO3/c1-2-10-6(9)4-5(7)11-3-8-4/h3H,2H2,1H3. The van der Waals surface area contributed by atoms with Crippen LogP contribution in [0.5, 0.6) is 0 Å². The molecule has 0 amide bonds. The summed E-state index contributed by atoms with van der Waals surface area (Å²) in [4.78, 5) is 14.7. The van der Waals surface area contributed by atoms with Gasteiger partial charge in [-0.25, -0.2) is 9.78 Å². The Kier molecular flexibility index (Phi) is 2.86. The van der Waals surface area contributed by atoms with Gasteiger partial charge in [0.2, 0.25) is 5.69 Å². The molecule has 0 spiro atoms. The molecule has 0 saturated heterocycles. The van der Waals surface area contributed by atoms with Crippen LogP contribution in [0.2, 0.25) is 0 Å². The van der Waals surface area contributed by atoms with Gasteiger partial charge in [-0.1, -0.05) is 0 Å². The third-order valence-electron chi connectivity index (χ3n) is 0.993. The molecule has 11 heavy (non-hydrogen) atoms. The van der Waals surface area contributed by atoms with Gasteiger partial charge in [0.05, 0.1) is 6.61 Å². The van der Waals surface area contributed by atoms with Gasteiger partial charge in [0, 0.05) is 22.6 Å². The SMILES string of the molecule is CCOC(=O)c1ncoc1I. The van der Waals surface area contributed by atoms with Crippen molar-refractivity contribution in [2.75, 3.05) is 6.61 Å². The van der Waals surface area contributed by atoms with Gasteiger partial charge in [-0.15, -0.1) is 0 Å². The van der Waals surface area contributed by atoms with Crippen molar-refractivity contribution in [2.45, 2.75) is 6.92 Å². The highest BCUT2D eigenvalue weighted by molar-refractivity contribution is 14.1. The number of carbonyl (C=O) groups excluding carboxylic acids is 1. The lowest BCUT2D eigenvalue weighted by Crippen LogP contribution is -2.06. The van der Waals surface area contributed by atoms with Crippen LogP contribution in [0.25, 0.3) is 0 Å². The second-order valence-electron chi connectivity index (χ2n) is 1.70. The van der Waals surface area contributed by atoms with Crippen LogP contribution in [0.4, 0.5) is 0 Å². The largest absolute Gasteiger partial charge is 0.461 e. The summed E-state index contributed by atoms with van der Waals surface area (Å²) in [6, 6.07) is 0. The molecule has 1 aromatic rings. The highest BCUT2D eigenvalue weighted by Crippen LogP contribution is 2.10. The molecule has 0 aliphatic carbocycles. The summed E-state index contributed by atoms with van der Waals surface area (Å²) in [5.41, 5.74) is 0.243. The molecule has 0 unspecified atom stereocenters. The number of hydrogen-bond acceptors (Lipinski definition) is 4. The predicted molar refractivity (Wildman–Crippen MR) is 45.2 cm³/mol. The molecule has 1 aromatic heterocycles. The van der Waals surface area contributed by atoms with Gasteiger partial charge in [-0.2, -0.15) is 0 Å². The number of aromatic nitrogens is 1. The number of halogens is 1. The molecule has 0 fully saturated rings. The lowest BCUT2D eigenvalue weighted by molar-refractivity contribution is 0.0518. The maximum absolute atomic E-state index is 11.0. The monoisotopic (exact) mass is 267 g/mol. The minimum Gasteiger partial charge on any atom is -0.461 e. The Morgan fingerprint density at radius 2 is 2.64 bits per heavy atom. The lowest BCUT2D eigenvalue weighted by Gasteiger charge is -1.95. The zero-order valence-electron chi connectivity index (χ0n) is 5.83. The summed E-state index contributed by atoms with van der Waals surface area (Å²) in [7, 11) is 0. The fourth-order valence-electron chi connectivity index (χ4n) is 0.564. The average Bonchev–Trinajstić information content (AvgIpc) is 2.36. The van der Waals surface area contributed by atoms with Crippen molar-refractivity contribution in [3.8, 4) is 0 Å².